The highest BCUT2D eigenvalue weighted by molar-refractivity contribution is 5.78. The number of ether oxygens (including phenoxy) is 1. The van der Waals surface area contributed by atoms with Crippen LogP contribution in [0.1, 0.15) is 37.2 Å². The van der Waals surface area contributed by atoms with Crippen LogP contribution in [0, 0.1) is 5.82 Å². The quantitative estimate of drug-likeness (QED) is 0.832. The van der Waals surface area contributed by atoms with Crippen LogP contribution in [-0.4, -0.2) is 25.7 Å². The summed E-state index contributed by atoms with van der Waals surface area (Å²) in [7, 11) is 1.37. The lowest BCUT2D eigenvalue weighted by atomic mass is 9.98. The summed E-state index contributed by atoms with van der Waals surface area (Å²) in [6.07, 6.45) is 4.77. The van der Waals surface area contributed by atoms with Gasteiger partial charge in [0.15, 0.2) is 0 Å². The van der Waals surface area contributed by atoms with Crippen molar-refractivity contribution >= 4 is 5.97 Å². The van der Waals surface area contributed by atoms with Gasteiger partial charge in [-0.15, -0.1) is 0 Å². The van der Waals surface area contributed by atoms with Crippen LogP contribution in [0.15, 0.2) is 24.3 Å². The highest BCUT2D eigenvalue weighted by Gasteiger charge is 2.24. The number of rotatable bonds is 5. The van der Waals surface area contributed by atoms with Crippen molar-refractivity contribution in [2.45, 2.75) is 37.6 Å². The summed E-state index contributed by atoms with van der Waals surface area (Å²) >= 11 is 0. The van der Waals surface area contributed by atoms with E-state index in [9.17, 15) is 9.18 Å². The van der Waals surface area contributed by atoms with Crippen LogP contribution in [-0.2, 0) is 9.53 Å². The number of nitrogens with one attached hydrogen (secondary N) is 1. The van der Waals surface area contributed by atoms with Gasteiger partial charge in [-0.25, -0.2) is 4.39 Å². The lowest BCUT2D eigenvalue weighted by molar-refractivity contribution is -0.142. The average Bonchev–Trinajstić information content (AvgIpc) is 2.92. The molecule has 2 rings (SSSR count). The second-order valence-electron chi connectivity index (χ2n) is 5.02. The Kier molecular flexibility index (Phi) is 4.91. The number of carbonyl (C=O) groups excluding carboxylic acids is 1. The third kappa shape index (κ3) is 3.77. The van der Waals surface area contributed by atoms with Gasteiger partial charge >= 0.3 is 5.97 Å². The zero-order valence-corrected chi connectivity index (χ0v) is 11.2. The maximum Gasteiger partial charge on any atom is 0.314 e. The van der Waals surface area contributed by atoms with E-state index >= 15 is 0 Å². The van der Waals surface area contributed by atoms with Crippen LogP contribution in [0.2, 0.25) is 0 Å². The highest BCUT2D eigenvalue weighted by Crippen LogP contribution is 2.21. The number of benzene rings is 1. The zero-order valence-electron chi connectivity index (χ0n) is 11.2. The normalized spacial score (nSPS) is 17.4. The van der Waals surface area contributed by atoms with Crippen molar-refractivity contribution in [3.05, 3.63) is 35.6 Å². The average molecular weight is 265 g/mol. The molecule has 0 saturated heterocycles. The fourth-order valence-corrected chi connectivity index (χ4v) is 2.62. The molecular formula is C15H20FNO2. The first-order chi connectivity index (χ1) is 9.20. The maximum absolute atomic E-state index is 13.3. The summed E-state index contributed by atoms with van der Waals surface area (Å²) in [5, 5.41) is 3.39. The molecule has 3 nitrogen and oxygen atoms in total. The molecule has 0 aromatic heterocycles. The van der Waals surface area contributed by atoms with Crippen molar-refractivity contribution in [1.82, 2.24) is 5.32 Å². The van der Waals surface area contributed by atoms with Gasteiger partial charge in [0.05, 0.1) is 13.0 Å². The Hall–Kier alpha value is -1.42. The molecule has 1 N–H and O–H groups in total. The second-order valence-corrected chi connectivity index (χ2v) is 5.02. The van der Waals surface area contributed by atoms with Gasteiger partial charge in [0.25, 0.3) is 0 Å². The van der Waals surface area contributed by atoms with Crippen LogP contribution in [0.25, 0.3) is 0 Å². The second kappa shape index (κ2) is 6.66. The molecule has 0 aliphatic heterocycles. The Morgan fingerprint density at radius 3 is 2.84 bits per heavy atom. The van der Waals surface area contributed by atoms with Crippen molar-refractivity contribution in [1.29, 1.82) is 0 Å². The molecule has 19 heavy (non-hydrogen) atoms. The summed E-state index contributed by atoms with van der Waals surface area (Å²) in [6.45, 7) is 0.501. The van der Waals surface area contributed by atoms with E-state index in [-0.39, 0.29) is 11.8 Å². The maximum atomic E-state index is 13.3. The molecule has 0 bridgehead atoms. The fourth-order valence-electron chi connectivity index (χ4n) is 2.62. The molecule has 0 heterocycles. The van der Waals surface area contributed by atoms with Gasteiger partial charge in [0.1, 0.15) is 5.82 Å². The standard InChI is InChI=1S/C15H20FNO2/c1-19-15(18)14(10-17-13-7-2-3-8-13)11-5-4-6-12(16)9-11/h4-6,9,13-14,17H,2-3,7-8,10H2,1H3. The molecule has 1 aliphatic carbocycles. The van der Waals surface area contributed by atoms with E-state index in [0.717, 1.165) is 12.8 Å². The summed E-state index contributed by atoms with van der Waals surface area (Å²) in [4.78, 5) is 11.8. The molecule has 104 valence electrons. The highest BCUT2D eigenvalue weighted by atomic mass is 19.1. The number of esters is 1. The third-order valence-electron chi connectivity index (χ3n) is 3.70. The predicted octanol–water partition coefficient (Wildman–Crippen LogP) is 2.61. The molecule has 1 saturated carbocycles. The van der Waals surface area contributed by atoms with Gasteiger partial charge in [-0.05, 0) is 30.5 Å². The minimum absolute atomic E-state index is 0.323. The SMILES string of the molecule is COC(=O)C(CNC1CCCC1)c1cccc(F)c1. The first kappa shape index (κ1) is 14.0. The van der Waals surface area contributed by atoms with Crippen molar-refractivity contribution in [2.24, 2.45) is 0 Å². The fraction of sp³-hybridized carbons (Fsp3) is 0.533. The van der Waals surface area contributed by atoms with Crippen molar-refractivity contribution in [3.63, 3.8) is 0 Å². The van der Waals surface area contributed by atoms with E-state index in [2.05, 4.69) is 5.32 Å². The van der Waals surface area contributed by atoms with Gasteiger partial charge < -0.3 is 10.1 Å². The molecule has 0 spiro atoms. The van der Waals surface area contributed by atoms with Gasteiger partial charge in [-0.2, -0.15) is 0 Å². The number of hydrogen-bond donors (Lipinski definition) is 1. The van der Waals surface area contributed by atoms with Crippen LogP contribution in [0.4, 0.5) is 4.39 Å². The lowest BCUT2D eigenvalue weighted by Gasteiger charge is -2.19. The molecule has 1 unspecified atom stereocenters. The molecule has 0 radical (unpaired) electrons. The predicted molar refractivity (Wildman–Crippen MR) is 71.4 cm³/mol. The van der Waals surface area contributed by atoms with E-state index in [0.29, 0.717) is 18.2 Å². The summed E-state index contributed by atoms with van der Waals surface area (Å²) in [5.74, 6) is -1.09. The topological polar surface area (TPSA) is 38.3 Å². The molecule has 1 aliphatic rings. The molecule has 1 atom stereocenters. The Labute approximate surface area is 113 Å². The molecule has 4 heteroatoms. The number of halogens is 1. The number of hydrogen-bond acceptors (Lipinski definition) is 3. The van der Waals surface area contributed by atoms with Gasteiger partial charge in [0.2, 0.25) is 0 Å². The Balaban J connectivity index is 2.04. The van der Waals surface area contributed by atoms with Crippen LogP contribution < -0.4 is 5.32 Å². The lowest BCUT2D eigenvalue weighted by Crippen LogP contribution is -2.33. The number of carbonyl (C=O) groups is 1. The van der Waals surface area contributed by atoms with E-state index in [1.165, 1.54) is 32.1 Å². The Morgan fingerprint density at radius 1 is 1.47 bits per heavy atom. The van der Waals surface area contributed by atoms with E-state index in [1.54, 1.807) is 12.1 Å². The minimum atomic E-state index is -0.443. The first-order valence-electron chi connectivity index (χ1n) is 6.77. The van der Waals surface area contributed by atoms with Crippen molar-refractivity contribution in [2.75, 3.05) is 13.7 Å². The molecule has 1 aromatic carbocycles. The van der Waals surface area contributed by atoms with Crippen LogP contribution in [0.5, 0.6) is 0 Å². The summed E-state index contributed by atoms with van der Waals surface area (Å²) in [5.41, 5.74) is 0.664. The van der Waals surface area contributed by atoms with Crippen molar-refractivity contribution in [3.8, 4) is 0 Å². The van der Waals surface area contributed by atoms with Crippen LogP contribution >= 0.6 is 0 Å². The molecule has 0 amide bonds. The monoisotopic (exact) mass is 265 g/mol. The largest absolute Gasteiger partial charge is 0.469 e. The van der Waals surface area contributed by atoms with E-state index < -0.39 is 5.92 Å². The molecule has 1 fully saturated rings. The molecular weight excluding hydrogens is 245 g/mol. The summed E-state index contributed by atoms with van der Waals surface area (Å²) in [6, 6.07) is 6.64. The Bertz CT molecular complexity index is 430. The van der Waals surface area contributed by atoms with Gasteiger partial charge in [-0.1, -0.05) is 25.0 Å². The summed E-state index contributed by atoms with van der Waals surface area (Å²) < 4.78 is 18.1. The minimum Gasteiger partial charge on any atom is -0.469 e. The van der Waals surface area contributed by atoms with Crippen LogP contribution in [0.3, 0.4) is 0 Å². The van der Waals surface area contributed by atoms with E-state index in [4.69, 9.17) is 4.74 Å². The smallest absolute Gasteiger partial charge is 0.314 e. The number of methoxy groups -OCH3 is 1. The van der Waals surface area contributed by atoms with Gasteiger partial charge in [-0.3, -0.25) is 4.79 Å². The molecule has 1 aromatic rings. The third-order valence-corrected chi connectivity index (χ3v) is 3.70. The first-order valence-corrected chi connectivity index (χ1v) is 6.77. The zero-order chi connectivity index (χ0) is 13.7. The van der Waals surface area contributed by atoms with Crippen molar-refractivity contribution < 1.29 is 13.9 Å². The Morgan fingerprint density at radius 2 is 2.21 bits per heavy atom. The van der Waals surface area contributed by atoms with E-state index in [1.807, 2.05) is 0 Å². The van der Waals surface area contributed by atoms with Gasteiger partial charge in [0, 0.05) is 12.6 Å².